The molecule has 0 heterocycles. The normalized spacial score (nSPS) is 10.5. The number of Topliss-reactive ketones (excluding diaryl/α,β-unsaturated/α-hetero) is 1. The monoisotopic (exact) mass is 329 g/mol. The van der Waals surface area contributed by atoms with Crippen LogP contribution in [0.2, 0.25) is 0 Å². The molecule has 1 N–H and O–H groups in total. The predicted molar refractivity (Wildman–Crippen MR) is 90.8 cm³/mol. The molecule has 0 spiro atoms. The zero-order valence-electron chi connectivity index (χ0n) is 13.7. The van der Waals surface area contributed by atoms with E-state index >= 15 is 0 Å². The molecule has 0 unspecified atom stereocenters. The molecule has 0 aliphatic carbocycles. The fraction of sp³-hybridized carbons (Fsp3) is 0.263. The third kappa shape index (κ3) is 5.19. The summed E-state index contributed by atoms with van der Waals surface area (Å²) in [5.41, 5.74) is 1.50. The average molecular weight is 329 g/mol. The number of ether oxygens (including phenoxy) is 1. The minimum absolute atomic E-state index is 0.0517. The number of nitrogens with one attached hydrogen (secondary N) is 1. The van der Waals surface area contributed by atoms with Crippen LogP contribution in [-0.2, 0) is 4.74 Å². The summed E-state index contributed by atoms with van der Waals surface area (Å²) in [6.07, 6.45) is 0. The highest BCUT2D eigenvalue weighted by molar-refractivity contribution is 5.99. The van der Waals surface area contributed by atoms with Gasteiger partial charge >= 0.3 is 5.97 Å². The van der Waals surface area contributed by atoms with Crippen LogP contribution in [0.4, 0.5) is 10.1 Å². The van der Waals surface area contributed by atoms with Crippen LogP contribution in [0.15, 0.2) is 48.5 Å². The standard InChI is InChI=1S/C19H20FNO3/c1-13(2)12-24-19(23)15-4-3-5-17(10-15)21-11-18(22)14-6-8-16(20)9-7-14/h3-10,13,21H,11-12H2,1-2H3. The zero-order chi connectivity index (χ0) is 17.5. The third-order valence-electron chi connectivity index (χ3n) is 3.27. The Morgan fingerprint density at radius 1 is 1.08 bits per heavy atom. The molecule has 0 fully saturated rings. The van der Waals surface area contributed by atoms with Crippen molar-refractivity contribution in [1.29, 1.82) is 0 Å². The number of ketones is 1. The Morgan fingerprint density at radius 2 is 1.79 bits per heavy atom. The third-order valence-corrected chi connectivity index (χ3v) is 3.27. The topological polar surface area (TPSA) is 55.4 Å². The summed E-state index contributed by atoms with van der Waals surface area (Å²) in [6.45, 7) is 4.34. The van der Waals surface area contributed by atoms with E-state index in [9.17, 15) is 14.0 Å². The lowest BCUT2D eigenvalue weighted by Gasteiger charge is -2.09. The van der Waals surface area contributed by atoms with Crippen molar-refractivity contribution in [3.63, 3.8) is 0 Å². The van der Waals surface area contributed by atoms with Crippen molar-refractivity contribution < 1.29 is 18.7 Å². The zero-order valence-corrected chi connectivity index (χ0v) is 13.7. The van der Waals surface area contributed by atoms with Crippen LogP contribution in [0, 0.1) is 11.7 Å². The highest BCUT2D eigenvalue weighted by Gasteiger charge is 2.10. The van der Waals surface area contributed by atoms with Crippen molar-refractivity contribution in [2.24, 2.45) is 5.92 Å². The SMILES string of the molecule is CC(C)COC(=O)c1cccc(NCC(=O)c2ccc(F)cc2)c1. The molecule has 0 aliphatic rings. The van der Waals surface area contributed by atoms with E-state index in [4.69, 9.17) is 4.74 Å². The average Bonchev–Trinajstić information content (AvgIpc) is 2.58. The number of rotatable bonds is 7. The van der Waals surface area contributed by atoms with E-state index in [0.29, 0.717) is 23.4 Å². The van der Waals surface area contributed by atoms with E-state index in [1.54, 1.807) is 24.3 Å². The maximum atomic E-state index is 12.9. The van der Waals surface area contributed by atoms with Gasteiger partial charge < -0.3 is 10.1 Å². The van der Waals surface area contributed by atoms with Crippen molar-refractivity contribution >= 4 is 17.4 Å². The summed E-state index contributed by atoms with van der Waals surface area (Å²) >= 11 is 0. The second kappa shape index (κ2) is 8.24. The second-order valence-corrected chi connectivity index (χ2v) is 5.86. The lowest BCUT2D eigenvalue weighted by Crippen LogP contribution is -2.15. The first kappa shape index (κ1) is 17.7. The fourth-order valence-electron chi connectivity index (χ4n) is 2.00. The summed E-state index contributed by atoms with van der Waals surface area (Å²) in [4.78, 5) is 24.0. The van der Waals surface area contributed by atoms with Crippen molar-refractivity contribution in [3.05, 3.63) is 65.5 Å². The second-order valence-electron chi connectivity index (χ2n) is 5.86. The van der Waals surface area contributed by atoms with Gasteiger partial charge in [-0.2, -0.15) is 0 Å². The Bertz CT molecular complexity index is 711. The number of anilines is 1. The first-order chi connectivity index (χ1) is 11.5. The highest BCUT2D eigenvalue weighted by atomic mass is 19.1. The van der Waals surface area contributed by atoms with E-state index in [-0.39, 0.29) is 24.1 Å². The van der Waals surface area contributed by atoms with Crippen molar-refractivity contribution in [1.82, 2.24) is 0 Å². The first-order valence-corrected chi connectivity index (χ1v) is 7.75. The van der Waals surface area contributed by atoms with Gasteiger partial charge in [-0.05, 0) is 48.4 Å². The summed E-state index contributed by atoms with van der Waals surface area (Å²) < 4.78 is 18.0. The van der Waals surface area contributed by atoms with Crippen molar-refractivity contribution in [3.8, 4) is 0 Å². The minimum Gasteiger partial charge on any atom is -0.462 e. The molecule has 0 aromatic heterocycles. The van der Waals surface area contributed by atoms with Gasteiger partial charge in [-0.25, -0.2) is 9.18 Å². The van der Waals surface area contributed by atoms with Crippen LogP contribution in [0.5, 0.6) is 0 Å². The van der Waals surface area contributed by atoms with Crippen LogP contribution < -0.4 is 5.32 Å². The first-order valence-electron chi connectivity index (χ1n) is 7.75. The van der Waals surface area contributed by atoms with E-state index in [1.165, 1.54) is 24.3 Å². The Kier molecular flexibility index (Phi) is 6.07. The molecule has 4 nitrogen and oxygen atoms in total. The largest absolute Gasteiger partial charge is 0.462 e. The van der Waals surface area contributed by atoms with E-state index in [2.05, 4.69) is 5.32 Å². The molecule has 0 aliphatic heterocycles. The molecule has 5 heteroatoms. The van der Waals surface area contributed by atoms with Gasteiger partial charge in [-0.3, -0.25) is 4.79 Å². The molecular weight excluding hydrogens is 309 g/mol. The van der Waals surface area contributed by atoms with Gasteiger partial charge in [0.05, 0.1) is 18.7 Å². The van der Waals surface area contributed by atoms with Gasteiger partial charge in [0.1, 0.15) is 5.82 Å². The van der Waals surface area contributed by atoms with Gasteiger partial charge in [0.2, 0.25) is 0 Å². The van der Waals surface area contributed by atoms with Gasteiger partial charge in [0, 0.05) is 11.3 Å². The van der Waals surface area contributed by atoms with Crippen LogP contribution in [0.3, 0.4) is 0 Å². The molecule has 0 saturated heterocycles. The van der Waals surface area contributed by atoms with Gasteiger partial charge in [0.25, 0.3) is 0 Å². The van der Waals surface area contributed by atoms with Gasteiger partial charge in [-0.1, -0.05) is 19.9 Å². The Hall–Kier alpha value is -2.69. The lowest BCUT2D eigenvalue weighted by molar-refractivity contribution is 0.0459. The van der Waals surface area contributed by atoms with Crippen molar-refractivity contribution in [2.45, 2.75) is 13.8 Å². The highest BCUT2D eigenvalue weighted by Crippen LogP contribution is 2.13. The Labute approximate surface area is 140 Å². The maximum absolute atomic E-state index is 12.9. The molecule has 2 rings (SSSR count). The molecule has 2 aromatic rings. The summed E-state index contributed by atoms with van der Waals surface area (Å²) in [7, 11) is 0. The van der Waals surface area contributed by atoms with Crippen LogP contribution in [0.25, 0.3) is 0 Å². The van der Waals surface area contributed by atoms with Crippen molar-refractivity contribution in [2.75, 3.05) is 18.5 Å². The molecular formula is C19H20FNO3. The summed E-state index contributed by atoms with van der Waals surface area (Å²) in [6, 6.07) is 12.2. The van der Waals surface area contributed by atoms with Crippen LogP contribution in [0.1, 0.15) is 34.6 Å². The number of halogens is 1. The minimum atomic E-state index is -0.391. The molecule has 0 atom stereocenters. The van der Waals surface area contributed by atoms with Crippen LogP contribution in [-0.4, -0.2) is 24.9 Å². The van der Waals surface area contributed by atoms with Gasteiger partial charge in [0.15, 0.2) is 5.78 Å². The Morgan fingerprint density at radius 3 is 2.46 bits per heavy atom. The summed E-state index contributed by atoms with van der Waals surface area (Å²) in [5, 5.41) is 2.97. The number of hydrogen-bond donors (Lipinski definition) is 1. The molecule has 126 valence electrons. The number of hydrogen-bond acceptors (Lipinski definition) is 4. The quantitative estimate of drug-likeness (QED) is 0.617. The Balaban J connectivity index is 1.95. The number of carbonyl (C=O) groups is 2. The summed E-state index contributed by atoms with van der Waals surface area (Å²) in [5.74, 6) is -0.671. The van der Waals surface area contributed by atoms with E-state index in [0.717, 1.165) is 0 Å². The number of carbonyl (C=O) groups excluding carboxylic acids is 2. The fourth-order valence-corrected chi connectivity index (χ4v) is 2.00. The van der Waals surface area contributed by atoms with E-state index in [1.807, 2.05) is 13.8 Å². The number of esters is 1. The van der Waals surface area contributed by atoms with Gasteiger partial charge in [-0.15, -0.1) is 0 Å². The smallest absolute Gasteiger partial charge is 0.338 e. The van der Waals surface area contributed by atoms with Crippen LogP contribution >= 0.6 is 0 Å². The molecule has 0 radical (unpaired) electrons. The molecule has 0 amide bonds. The molecule has 2 aromatic carbocycles. The lowest BCUT2D eigenvalue weighted by atomic mass is 10.1. The maximum Gasteiger partial charge on any atom is 0.338 e. The molecule has 0 saturated carbocycles. The van der Waals surface area contributed by atoms with E-state index < -0.39 is 5.97 Å². The predicted octanol–water partition coefficient (Wildman–Crippen LogP) is 3.93. The molecule has 0 bridgehead atoms. The molecule has 24 heavy (non-hydrogen) atoms. The number of benzene rings is 2.